The van der Waals surface area contributed by atoms with Crippen LogP contribution in [0.2, 0.25) is 0 Å². The molecule has 1 aliphatic heterocycles. The van der Waals surface area contributed by atoms with E-state index in [2.05, 4.69) is 4.98 Å². The maximum Gasteiger partial charge on any atom is 0.332 e. The number of halogens is 1. The van der Waals surface area contributed by atoms with Crippen LogP contribution in [0.25, 0.3) is 11.0 Å². The molecule has 4 rings (SSSR count). The standard InChI is InChI=1S/C15H15FN2O3/c16-9-2-1-3-10-13(9)17-14(18(10)8-4-5-8)11-6-7-12(21-11)15(19)20/h1-3,8,11-12H,4-7H2,(H,19,20). The van der Waals surface area contributed by atoms with E-state index in [1.165, 1.54) is 6.07 Å². The number of carboxylic acid groups (broad SMARTS) is 1. The number of fused-ring (bicyclic) bond motifs is 1. The van der Waals surface area contributed by atoms with Crippen molar-refractivity contribution in [2.24, 2.45) is 0 Å². The van der Waals surface area contributed by atoms with Gasteiger partial charge in [0.25, 0.3) is 0 Å². The van der Waals surface area contributed by atoms with Crippen molar-refractivity contribution in [3.8, 4) is 0 Å². The average Bonchev–Trinajstić information content (AvgIpc) is 3.03. The van der Waals surface area contributed by atoms with Crippen LogP contribution in [0.15, 0.2) is 18.2 Å². The molecule has 110 valence electrons. The molecule has 0 amide bonds. The van der Waals surface area contributed by atoms with Crippen LogP contribution in [0, 0.1) is 5.82 Å². The van der Waals surface area contributed by atoms with Crippen molar-refractivity contribution in [1.82, 2.24) is 9.55 Å². The Hall–Kier alpha value is -1.95. The minimum Gasteiger partial charge on any atom is -0.479 e. The summed E-state index contributed by atoms with van der Waals surface area (Å²) in [5.74, 6) is -0.625. The normalized spacial score (nSPS) is 25.6. The van der Waals surface area contributed by atoms with Crippen molar-refractivity contribution in [3.63, 3.8) is 0 Å². The van der Waals surface area contributed by atoms with E-state index in [1.807, 2.05) is 10.6 Å². The number of para-hydroxylation sites is 1. The summed E-state index contributed by atoms with van der Waals surface area (Å²) in [5, 5.41) is 9.04. The van der Waals surface area contributed by atoms with Crippen LogP contribution in [-0.2, 0) is 9.53 Å². The topological polar surface area (TPSA) is 64.3 Å². The molecule has 1 aromatic heterocycles. The molecule has 2 aromatic rings. The first-order valence-electron chi connectivity index (χ1n) is 7.20. The zero-order valence-electron chi connectivity index (χ0n) is 11.3. The molecule has 1 saturated carbocycles. The summed E-state index contributed by atoms with van der Waals surface area (Å²) in [5.41, 5.74) is 1.12. The third-order valence-corrected chi connectivity index (χ3v) is 4.19. The van der Waals surface area contributed by atoms with E-state index in [9.17, 15) is 9.18 Å². The highest BCUT2D eigenvalue weighted by Crippen LogP contribution is 2.43. The highest BCUT2D eigenvalue weighted by atomic mass is 19.1. The quantitative estimate of drug-likeness (QED) is 0.944. The molecule has 0 radical (unpaired) electrons. The first-order chi connectivity index (χ1) is 10.1. The molecule has 2 atom stereocenters. The van der Waals surface area contributed by atoms with Crippen LogP contribution in [0.1, 0.15) is 43.7 Å². The Balaban J connectivity index is 1.80. The number of hydrogen-bond acceptors (Lipinski definition) is 3. The second-order valence-corrected chi connectivity index (χ2v) is 5.71. The molecule has 6 heteroatoms. The molecule has 2 heterocycles. The monoisotopic (exact) mass is 290 g/mol. The summed E-state index contributed by atoms with van der Waals surface area (Å²) in [6, 6.07) is 5.26. The Kier molecular flexibility index (Phi) is 2.75. The SMILES string of the molecule is O=C(O)C1CCC(c2nc3c(F)cccc3n2C2CC2)O1. The van der Waals surface area contributed by atoms with Crippen molar-refractivity contribution in [3.05, 3.63) is 29.8 Å². The Morgan fingerprint density at radius 1 is 1.33 bits per heavy atom. The molecular formula is C15H15FN2O3. The Labute approximate surface area is 120 Å². The van der Waals surface area contributed by atoms with Gasteiger partial charge in [0.15, 0.2) is 11.9 Å². The molecule has 2 aliphatic rings. The minimum atomic E-state index is -0.947. The van der Waals surface area contributed by atoms with Crippen LogP contribution in [0.4, 0.5) is 4.39 Å². The summed E-state index contributed by atoms with van der Waals surface area (Å²) < 4.78 is 21.6. The number of aliphatic carboxylic acids is 1. The van der Waals surface area contributed by atoms with Crippen LogP contribution < -0.4 is 0 Å². The second-order valence-electron chi connectivity index (χ2n) is 5.71. The average molecular weight is 290 g/mol. The van der Waals surface area contributed by atoms with Gasteiger partial charge in [0.1, 0.15) is 17.4 Å². The highest BCUT2D eigenvalue weighted by Gasteiger charge is 2.37. The zero-order valence-corrected chi connectivity index (χ0v) is 11.3. The summed E-state index contributed by atoms with van der Waals surface area (Å²) >= 11 is 0. The van der Waals surface area contributed by atoms with E-state index < -0.39 is 12.1 Å². The number of aromatic nitrogens is 2. The van der Waals surface area contributed by atoms with E-state index in [4.69, 9.17) is 9.84 Å². The lowest BCUT2D eigenvalue weighted by atomic mass is 10.2. The van der Waals surface area contributed by atoms with Crippen LogP contribution in [-0.4, -0.2) is 26.7 Å². The number of carboxylic acids is 1. The zero-order chi connectivity index (χ0) is 14.6. The maximum atomic E-state index is 13.9. The summed E-state index contributed by atoms with van der Waals surface area (Å²) in [6.45, 7) is 0. The number of carbonyl (C=O) groups is 1. The largest absolute Gasteiger partial charge is 0.479 e. The number of ether oxygens (including phenoxy) is 1. The number of imidazole rings is 1. The van der Waals surface area contributed by atoms with Gasteiger partial charge in [0.05, 0.1) is 5.52 Å². The molecule has 0 spiro atoms. The molecule has 2 unspecified atom stereocenters. The summed E-state index contributed by atoms with van der Waals surface area (Å²) in [6.07, 6.45) is 2.02. The van der Waals surface area contributed by atoms with Crippen molar-refractivity contribution in [2.75, 3.05) is 0 Å². The Morgan fingerprint density at radius 2 is 2.14 bits per heavy atom. The first-order valence-corrected chi connectivity index (χ1v) is 7.20. The van der Waals surface area contributed by atoms with E-state index in [0.717, 1.165) is 18.4 Å². The second kappa shape index (κ2) is 4.53. The molecule has 0 bridgehead atoms. The third kappa shape index (κ3) is 2.01. The smallest absolute Gasteiger partial charge is 0.332 e. The number of hydrogen-bond donors (Lipinski definition) is 1. The van der Waals surface area contributed by atoms with Gasteiger partial charge >= 0.3 is 5.97 Å². The van der Waals surface area contributed by atoms with Crippen LogP contribution >= 0.6 is 0 Å². The van der Waals surface area contributed by atoms with Gasteiger partial charge in [-0.15, -0.1) is 0 Å². The number of benzene rings is 1. The molecule has 1 aliphatic carbocycles. The molecule has 21 heavy (non-hydrogen) atoms. The van der Waals surface area contributed by atoms with Crippen LogP contribution in [0.3, 0.4) is 0 Å². The Bertz CT molecular complexity index is 723. The number of rotatable bonds is 3. The molecule has 5 nitrogen and oxygen atoms in total. The van der Waals surface area contributed by atoms with Crippen molar-refractivity contribution < 1.29 is 19.0 Å². The van der Waals surface area contributed by atoms with E-state index in [-0.39, 0.29) is 11.9 Å². The van der Waals surface area contributed by atoms with Gasteiger partial charge in [-0.25, -0.2) is 14.2 Å². The lowest BCUT2D eigenvalue weighted by molar-refractivity contribution is -0.149. The molecule has 1 saturated heterocycles. The van der Waals surface area contributed by atoms with E-state index in [1.54, 1.807) is 6.07 Å². The van der Waals surface area contributed by atoms with Crippen molar-refractivity contribution in [1.29, 1.82) is 0 Å². The fourth-order valence-corrected chi connectivity index (χ4v) is 3.05. The minimum absolute atomic E-state index is 0.333. The van der Waals surface area contributed by atoms with Gasteiger partial charge in [0, 0.05) is 6.04 Å². The summed E-state index contributed by atoms with van der Waals surface area (Å²) in [4.78, 5) is 15.4. The van der Waals surface area contributed by atoms with E-state index in [0.29, 0.717) is 30.2 Å². The lowest BCUT2D eigenvalue weighted by Crippen LogP contribution is -2.19. The number of nitrogens with zero attached hydrogens (tertiary/aromatic N) is 2. The van der Waals surface area contributed by atoms with Gasteiger partial charge < -0.3 is 14.4 Å². The molecule has 1 N–H and O–H groups in total. The predicted molar refractivity (Wildman–Crippen MR) is 72.4 cm³/mol. The van der Waals surface area contributed by atoms with Gasteiger partial charge in [-0.05, 0) is 37.8 Å². The fourth-order valence-electron chi connectivity index (χ4n) is 3.05. The highest BCUT2D eigenvalue weighted by molar-refractivity contribution is 5.77. The van der Waals surface area contributed by atoms with Gasteiger partial charge in [-0.1, -0.05) is 6.07 Å². The van der Waals surface area contributed by atoms with Gasteiger partial charge in [-0.2, -0.15) is 0 Å². The molecular weight excluding hydrogens is 275 g/mol. The molecule has 1 aromatic carbocycles. The van der Waals surface area contributed by atoms with Crippen molar-refractivity contribution >= 4 is 17.0 Å². The fraction of sp³-hybridized carbons (Fsp3) is 0.467. The van der Waals surface area contributed by atoms with Crippen LogP contribution in [0.5, 0.6) is 0 Å². The maximum absolute atomic E-state index is 13.9. The van der Waals surface area contributed by atoms with Crippen molar-refractivity contribution in [2.45, 2.75) is 43.9 Å². The lowest BCUT2D eigenvalue weighted by Gasteiger charge is -2.13. The first kappa shape index (κ1) is 12.8. The predicted octanol–water partition coefficient (Wildman–Crippen LogP) is 2.82. The molecule has 2 fully saturated rings. The Morgan fingerprint density at radius 3 is 2.81 bits per heavy atom. The van der Waals surface area contributed by atoms with Gasteiger partial charge in [0.2, 0.25) is 0 Å². The van der Waals surface area contributed by atoms with Gasteiger partial charge in [-0.3, -0.25) is 0 Å². The van der Waals surface area contributed by atoms with E-state index >= 15 is 0 Å². The third-order valence-electron chi connectivity index (χ3n) is 4.19. The summed E-state index contributed by atoms with van der Waals surface area (Å²) in [7, 11) is 0.